The summed E-state index contributed by atoms with van der Waals surface area (Å²) >= 11 is 0. The minimum absolute atomic E-state index is 0.00769. The van der Waals surface area contributed by atoms with Crippen LogP contribution in [0.4, 0.5) is 0 Å². The molecular weight excluding hydrogens is 597 g/mol. The van der Waals surface area contributed by atoms with Crippen LogP contribution in [0.15, 0.2) is 182 Å². The SMILES string of the molecule is [2H]c1c([2H])c([2H])c(-c2ccc3c4c([2H])c([2H])c([2H])c([2H])c4n(-c4ccc(-c5nc(-c6ccccc6)nc(-c6ccccc6-c6ccccc6)n5)cc4)c3c2)c([2H])c1[2H]. The molecular formula is C45H30N4. The van der Waals surface area contributed by atoms with E-state index in [1.807, 2.05) is 109 Å². The molecule has 0 amide bonds. The van der Waals surface area contributed by atoms with Crippen molar-refractivity contribution in [3.05, 3.63) is 182 Å². The van der Waals surface area contributed by atoms with Crippen molar-refractivity contribution in [2.24, 2.45) is 0 Å². The molecule has 2 aromatic heterocycles. The lowest BCUT2D eigenvalue weighted by atomic mass is 9.99. The number of nitrogens with zero attached hydrogens (tertiary/aromatic N) is 4. The second kappa shape index (κ2) is 12.2. The van der Waals surface area contributed by atoms with E-state index in [2.05, 4.69) is 0 Å². The van der Waals surface area contributed by atoms with Gasteiger partial charge in [0.15, 0.2) is 17.5 Å². The van der Waals surface area contributed by atoms with Crippen molar-refractivity contribution in [2.75, 3.05) is 0 Å². The summed E-state index contributed by atoms with van der Waals surface area (Å²) in [6, 6.07) is 36.5. The molecule has 0 unspecified atom stereocenters. The minimum Gasteiger partial charge on any atom is -0.309 e. The van der Waals surface area contributed by atoms with Crippen molar-refractivity contribution in [1.82, 2.24) is 19.5 Å². The van der Waals surface area contributed by atoms with Crippen LogP contribution in [-0.2, 0) is 0 Å². The van der Waals surface area contributed by atoms with Crippen LogP contribution in [0.25, 0.3) is 83.9 Å². The molecule has 0 fully saturated rings. The van der Waals surface area contributed by atoms with E-state index in [1.165, 1.54) is 0 Å². The molecule has 0 aliphatic rings. The number of benzene rings is 7. The average Bonchev–Trinajstić information content (AvgIpc) is 3.61. The molecule has 9 aromatic rings. The first kappa shape index (κ1) is 20.6. The van der Waals surface area contributed by atoms with Gasteiger partial charge in [-0.05, 0) is 58.6 Å². The second-order valence-corrected chi connectivity index (χ2v) is 11.4. The normalized spacial score (nSPS) is 13.8. The highest BCUT2D eigenvalue weighted by molar-refractivity contribution is 6.10. The van der Waals surface area contributed by atoms with Gasteiger partial charge in [0, 0.05) is 33.2 Å². The molecule has 4 nitrogen and oxygen atoms in total. The van der Waals surface area contributed by atoms with Crippen LogP contribution in [0.1, 0.15) is 12.3 Å². The van der Waals surface area contributed by atoms with Gasteiger partial charge in [0.1, 0.15) is 0 Å². The predicted molar refractivity (Wildman–Crippen MR) is 201 cm³/mol. The molecule has 0 radical (unpaired) electrons. The summed E-state index contributed by atoms with van der Waals surface area (Å²) in [6.45, 7) is 0. The molecule has 0 saturated carbocycles. The molecule has 2 heterocycles. The zero-order valence-electron chi connectivity index (χ0n) is 34.9. The largest absolute Gasteiger partial charge is 0.309 e. The molecule has 9 rings (SSSR count). The fraction of sp³-hybridized carbons (Fsp3) is 0. The van der Waals surface area contributed by atoms with Crippen molar-refractivity contribution < 1.29 is 12.3 Å². The average molecular weight is 636 g/mol. The Bertz CT molecular complexity index is 3070. The Morgan fingerprint density at radius 2 is 0.959 bits per heavy atom. The number of rotatable bonds is 6. The zero-order valence-corrected chi connectivity index (χ0v) is 25.9. The lowest BCUT2D eigenvalue weighted by Gasteiger charge is -2.13. The Balaban J connectivity index is 1.25. The molecule has 4 heteroatoms. The van der Waals surface area contributed by atoms with Gasteiger partial charge in [0.2, 0.25) is 0 Å². The summed E-state index contributed by atoms with van der Waals surface area (Å²) in [5, 5.41) is 0.804. The molecule has 0 aliphatic carbocycles. The number of fused-ring (bicyclic) bond motifs is 3. The third-order valence-corrected chi connectivity index (χ3v) is 8.49. The predicted octanol–water partition coefficient (Wildman–Crippen LogP) is 11.3. The highest BCUT2D eigenvalue weighted by Gasteiger charge is 2.17. The number of hydrogen-bond acceptors (Lipinski definition) is 3. The summed E-state index contributed by atoms with van der Waals surface area (Å²) in [7, 11) is 0. The van der Waals surface area contributed by atoms with Crippen molar-refractivity contribution in [1.29, 1.82) is 0 Å². The number of hydrogen-bond donors (Lipinski definition) is 0. The van der Waals surface area contributed by atoms with Gasteiger partial charge in [-0.2, -0.15) is 0 Å². The van der Waals surface area contributed by atoms with Crippen molar-refractivity contribution in [3.8, 4) is 62.1 Å². The monoisotopic (exact) mass is 635 g/mol. The van der Waals surface area contributed by atoms with Gasteiger partial charge in [-0.3, -0.25) is 0 Å². The Labute approximate surface area is 297 Å². The minimum atomic E-state index is -0.501. The molecule has 49 heavy (non-hydrogen) atoms. The fourth-order valence-electron chi connectivity index (χ4n) is 6.18. The molecule has 230 valence electrons. The molecule has 0 bridgehead atoms. The van der Waals surface area contributed by atoms with E-state index in [-0.39, 0.29) is 41.3 Å². The van der Waals surface area contributed by atoms with Crippen LogP contribution >= 0.6 is 0 Å². The quantitative estimate of drug-likeness (QED) is 0.183. The van der Waals surface area contributed by atoms with Crippen molar-refractivity contribution in [2.45, 2.75) is 0 Å². The van der Waals surface area contributed by atoms with Gasteiger partial charge >= 0.3 is 0 Å². The first-order valence-corrected chi connectivity index (χ1v) is 15.7. The summed E-state index contributed by atoms with van der Waals surface area (Å²) in [5.74, 6) is 1.41. The van der Waals surface area contributed by atoms with E-state index in [1.54, 1.807) is 22.8 Å². The van der Waals surface area contributed by atoms with Crippen LogP contribution in [0.5, 0.6) is 0 Å². The molecule has 0 atom stereocenters. The van der Waals surface area contributed by atoms with Crippen LogP contribution in [-0.4, -0.2) is 19.5 Å². The van der Waals surface area contributed by atoms with Gasteiger partial charge in [0.25, 0.3) is 0 Å². The summed E-state index contributed by atoms with van der Waals surface area (Å²) in [6.07, 6.45) is 0. The van der Waals surface area contributed by atoms with Gasteiger partial charge in [-0.1, -0.05) is 145 Å². The van der Waals surface area contributed by atoms with Crippen molar-refractivity contribution in [3.63, 3.8) is 0 Å². The summed E-state index contributed by atoms with van der Waals surface area (Å²) in [5.41, 5.74) is 5.90. The third kappa shape index (κ3) is 5.26. The topological polar surface area (TPSA) is 43.6 Å². The number of para-hydroxylation sites is 1. The maximum Gasteiger partial charge on any atom is 0.164 e. The first-order valence-electron chi connectivity index (χ1n) is 20.2. The van der Waals surface area contributed by atoms with Crippen LogP contribution in [0.3, 0.4) is 0 Å². The Hall–Kier alpha value is -6.65. The maximum atomic E-state index is 9.01. The zero-order chi connectivity index (χ0) is 40.4. The molecule has 7 aromatic carbocycles. The Morgan fingerprint density at radius 1 is 0.388 bits per heavy atom. The number of aromatic nitrogens is 4. The van der Waals surface area contributed by atoms with E-state index in [0.29, 0.717) is 50.6 Å². The highest BCUT2D eigenvalue weighted by atomic mass is 15.0. The summed E-state index contributed by atoms with van der Waals surface area (Å²) in [4.78, 5) is 14.9. The molecule has 0 N–H and O–H groups in total. The maximum absolute atomic E-state index is 9.01. The Morgan fingerprint density at radius 3 is 1.69 bits per heavy atom. The molecule has 0 spiro atoms. The molecule has 0 aliphatic heterocycles. The van der Waals surface area contributed by atoms with Gasteiger partial charge in [-0.25, -0.2) is 15.0 Å². The van der Waals surface area contributed by atoms with E-state index in [9.17, 15) is 0 Å². The third-order valence-electron chi connectivity index (χ3n) is 8.49. The van der Waals surface area contributed by atoms with E-state index in [0.717, 1.165) is 22.3 Å². The lowest BCUT2D eigenvalue weighted by Crippen LogP contribution is -2.01. The summed E-state index contributed by atoms with van der Waals surface area (Å²) < 4.78 is 78.5. The van der Waals surface area contributed by atoms with E-state index < -0.39 is 24.2 Å². The standard InChI is InChI=1S/C45H30N4/c1-4-14-31(15-5-1)35-26-29-39-38-21-12-13-23-41(38)49(42(39)30-35)36-27-24-34(25-28-36)44-46-43(33-18-8-3-9-19-33)47-45(48-44)40-22-11-10-20-37(40)32-16-6-2-7-17-32/h1-30H/i1D,4D,5D,12D,13D,14D,15D,21D,23D. The van der Waals surface area contributed by atoms with Gasteiger partial charge in [-0.15, -0.1) is 0 Å². The molecule has 0 saturated heterocycles. The second-order valence-electron chi connectivity index (χ2n) is 11.4. The van der Waals surface area contributed by atoms with Crippen LogP contribution in [0, 0.1) is 0 Å². The fourth-order valence-corrected chi connectivity index (χ4v) is 6.18. The van der Waals surface area contributed by atoms with Crippen LogP contribution < -0.4 is 0 Å². The lowest BCUT2D eigenvalue weighted by molar-refractivity contribution is 1.07. The van der Waals surface area contributed by atoms with Gasteiger partial charge < -0.3 is 4.57 Å². The first-order chi connectivity index (χ1) is 28.0. The van der Waals surface area contributed by atoms with E-state index >= 15 is 0 Å². The van der Waals surface area contributed by atoms with E-state index in [4.69, 9.17) is 27.3 Å². The Kier molecular flexibility index (Phi) is 5.11. The smallest absolute Gasteiger partial charge is 0.164 e. The highest BCUT2D eigenvalue weighted by Crippen LogP contribution is 2.36. The van der Waals surface area contributed by atoms with Crippen LogP contribution in [0.2, 0.25) is 0 Å². The van der Waals surface area contributed by atoms with Gasteiger partial charge in [0.05, 0.1) is 23.4 Å². The van der Waals surface area contributed by atoms with Crippen molar-refractivity contribution >= 4 is 21.8 Å².